The summed E-state index contributed by atoms with van der Waals surface area (Å²) in [6.45, 7) is 2.13. The van der Waals surface area contributed by atoms with Crippen LogP contribution in [0.3, 0.4) is 0 Å². The van der Waals surface area contributed by atoms with Gasteiger partial charge in [-0.15, -0.1) is 0 Å². The Bertz CT molecular complexity index is 476. The summed E-state index contributed by atoms with van der Waals surface area (Å²) in [6.07, 6.45) is 3.28. The number of hydrogen-bond acceptors (Lipinski definition) is 3. The van der Waals surface area contributed by atoms with Gasteiger partial charge in [-0.1, -0.05) is 13.3 Å². The maximum absolute atomic E-state index is 13.8. The molecule has 0 heterocycles. The summed E-state index contributed by atoms with van der Waals surface area (Å²) in [6, 6.07) is 2.78. The fourth-order valence-corrected chi connectivity index (χ4v) is 2.47. The molecule has 1 fully saturated rings. The monoisotopic (exact) mass is 251 g/mol. The smallest absolute Gasteiger partial charge is 0.250 e. The first-order chi connectivity index (χ1) is 8.49. The summed E-state index contributed by atoms with van der Waals surface area (Å²) in [5, 5.41) is 3.14. The van der Waals surface area contributed by atoms with E-state index in [4.69, 9.17) is 11.5 Å². The van der Waals surface area contributed by atoms with E-state index in [2.05, 4.69) is 12.2 Å². The summed E-state index contributed by atoms with van der Waals surface area (Å²) in [5.41, 5.74) is 11.3. The number of primary amides is 1. The number of nitrogens with two attached hydrogens (primary N) is 2. The van der Waals surface area contributed by atoms with Crippen LogP contribution in [0.1, 0.15) is 36.5 Å². The fraction of sp³-hybridized carbons (Fsp3) is 0.462. The highest BCUT2D eigenvalue weighted by molar-refractivity contribution is 5.99. The third kappa shape index (κ3) is 2.39. The van der Waals surface area contributed by atoms with Crippen molar-refractivity contribution in [2.24, 2.45) is 11.7 Å². The molecule has 0 spiro atoms. The number of carbonyl (C=O) groups excluding carboxylic acids is 1. The standard InChI is InChI=1S/C13H18FN3O/c1-7-3-2-4-11(7)17-12-5-8(13(16)18)10(15)6-9(12)14/h5-7,11,17H,2-4,15H2,1H3,(H2,16,18). The predicted octanol–water partition coefficient (Wildman–Crippen LogP) is 2.11. The van der Waals surface area contributed by atoms with Crippen molar-refractivity contribution in [1.82, 2.24) is 0 Å². The van der Waals surface area contributed by atoms with Crippen LogP contribution < -0.4 is 16.8 Å². The zero-order valence-corrected chi connectivity index (χ0v) is 10.4. The molecule has 18 heavy (non-hydrogen) atoms. The second-order valence-electron chi connectivity index (χ2n) is 4.94. The van der Waals surface area contributed by atoms with Crippen molar-refractivity contribution in [1.29, 1.82) is 0 Å². The number of rotatable bonds is 3. The molecule has 2 atom stereocenters. The SMILES string of the molecule is CC1CCCC1Nc1cc(C(N)=O)c(N)cc1F. The molecule has 1 aliphatic carbocycles. The number of anilines is 2. The maximum atomic E-state index is 13.8. The largest absolute Gasteiger partial charge is 0.398 e. The summed E-state index contributed by atoms with van der Waals surface area (Å²) in [7, 11) is 0. The molecule has 2 rings (SSSR count). The molecule has 5 heteroatoms. The first-order valence-corrected chi connectivity index (χ1v) is 6.14. The van der Waals surface area contributed by atoms with Gasteiger partial charge < -0.3 is 16.8 Å². The Morgan fingerprint density at radius 1 is 1.44 bits per heavy atom. The van der Waals surface area contributed by atoms with Crippen molar-refractivity contribution < 1.29 is 9.18 Å². The molecule has 0 aromatic heterocycles. The van der Waals surface area contributed by atoms with Crippen molar-refractivity contribution in [2.75, 3.05) is 11.1 Å². The Labute approximate surface area is 106 Å². The molecule has 98 valence electrons. The molecule has 0 saturated heterocycles. The Morgan fingerprint density at radius 2 is 2.17 bits per heavy atom. The van der Waals surface area contributed by atoms with Gasteiger partial charge in [-0.2, -0.15) is 0 Å². The van der Waals surface area contributed by atoms with E-state index < -0.39 is 11.7 Å². The highest BCUT2D eigenvalue weighted by Gasteiger charge is 2.24. The topological polar surface area (TPSA) is 81.1 Å². The minimum atomic E-state index is -0.643. The molecule has 1 saturated carbocycles. The average molecular weight is 251 g/mol. The number of amides is 1. The van der Waals surface area contributed by atoms with E-state index >= 15 is 0 Å². The summed E-state index contributed by atoms with van der Waals surface area (Å²) in [4.78, 5) is 11.2. The summed E-state index contributed by atoms with van der Waals surface area (Å²) < 4.78 is 13.8. The Balaban J connectivity index is 2.27. The van der Waals surface area contributed by atoms with E-state index in [1.165, 1.54) is 6.07 Å². The van der Waals surface area contributed by atoms with Crippen LogP contribution in [0.2, 0.25) is 0 Å². The van der Waals surface area contributed by atoms with Crippen LogP contribution in [0.25, 0.3) is 0 Å². The molecule has 0 bridgehead atoms. The van der Waals surface area contributed by atoms with Gasteiger partial charge in [0, 0.05) is 11.7 Å². The fourth-order valence-electron chi connectivity index (χ4n) is 2.47. The van der Waals surface area contributed by atoms with Crippen LogP contribution in [-0.2, 0) is 0 Å². The highest BCUT2D eigenvalue weighted by Crippen LogP contribution is 2.30. The van der Waals surface area contributed by atoms with Gasteiger partial charge in [-0.3, -0.25) is 4.79 Å². The molecular weight excluding hydrogens is 233 g/mol. The average Bonchev–Trinajstić information content (AvgIpc) is 2.67. The molecule has 1 aromatic carbocycles. The van der Waals surface area contributed by atoms with E-state index in [0.29, 0.717) is 11.6 Å². The molecule has 1 aliphatic rings. The Kier molecular flexibility index (Phi) is 3.41. The third-order valence-corrected chi connectivity index (χ3v) is 3.61. The molecule has 2 unspecified atom stereocenters. The second-order valence-corrected chi connectivity index (χ2v) is 4.94. The van der Waals surface area contributed by atoms with Crippen LogP contribution in [0.4, 0.5) is 15.8 Å². The van der Waals surface area contributed by atoms with Crippen molar-refractivity contribution >= 4 is 17.3 Å². The second kappa shape index (κ2) is 4.84. The number of hydrogen-bond donors (Lipinski definition) is 3. The lowest BCUT2D eigenvalue weighted by atomic mass is 10.1. The zero-order valence-electron chi connectivity index (χ0n) is 10.4. The zero-order chi connectivity index (χ0) is 13.3. The minimum absolute atomic E-state index is 0.0741. The van der Waals surface area contributed by atoms with Crippen LogP contribution >= 0.6 is 0 Å². The minimum Gasteiger partial charge on any atom is -0.398 e. The van der Waals surface area contributed by atoms with Gasteiger partial charge in [0.05, 0.1) is 11.3 Å². The Hall–Kier alpha value is -1.78. The molecule has 5 N–H and O–H groups in total. The summed E-state index contributed by atoms with van der Waals surface area (Å²) >= 11 is 0. The summed E-state index contributed by atoms with van der Waals surface area (Å²) in [5.74, 6) is -0.592. The molecule has 1 aromatic rings. The van der Waals surface area contributed by atoms with E-state index in [1.54, 1.807) is 0 Å². The number of halogens is 1. The molecular formula is C13H18FN3O. The van der Waals surface area contributed by atoms with E-state index in [1.807, 2.05) is 0 Å². The lowest BCUT2D eigenvalue weighted by Gasteiger charge is -2.20. The predicted molar refractivity (Wildman–Crippen MR) is 69.8 cm³/mol. The first-order valence-electron chi connectivity index (χ1n) is 6.14. The number of carbonyl (C=O) groups is 1. The first kappa shape index (κ1) is 12.7. The molecule has 0 radical (unpaired) electrons. The normalized spacial score (nSPS) is 23.0. The van der Waals surface area contributed by atoms with Gasteiger partial charge in [0.1, 0.15) is 5.82 Å². The molecule has 0 aliphatic heterocycles. The number of nitrogen functional groups attached to an aromatic ring is 1. The van der Waals surface area contributed by atoms with Gasteiger partial charge in [0.2, 0.25) is 0 Å². The lowest BCUT2D eigenvalue weighted by molar-refractivity contribution is 0.100. The number of nitrogens with one attached hydrogen (secondary N) is 1. The van der Waals surface area contributed by atoms with Crippen molar-refractivity contribution in [3.63, 3.8) is 0 Å². The van der Waals surface area contributed by atoms with Crippen molar-refractivity contribution in [2.45, 2.75) is 32.2 Å². The van der Waals surface area contributed by atoms with E-state index in [0.717, 1.165) is 25.3 Å². The van der Waals surface area contributed by atoms with E-state index in [9.17, 15) is 9.18 Å². The van der Waals surface area contributed by atoms with Crippen molar-refractivity contribution in [3.05, 3.63) is 23.5 Å². The van der Waals surface area contributed by atoms with Crippen molar-refractivity contribution in [3.8, 4) is 0 Å². The molecule has 4 nitrogen and oxygen atoms in total. The van der Waals surface area contributed by atoms with Crippen LogP contribution in [0.5, 0.6) is 0 Å². The van der Waals surface area contributed by atoms with Crippen LogP contribution in [0, 0.1) is 11.7 Å². The van der Waals surface area contributed by atoms with Gasteiger partial charge in [-0.05, 0) is 30.9 Å². The number of benzene rings is 1. The quantitative estimate of drug-likeness (QED) is 0.720. The van der Waals surface area contributed by atoms with Gasteiger partial charge in [0.15, 0.2) is 0 Å². The van der Waals surface area contributed by atoms with Crippen LogP contribution in [0.15, 0.2) is 12.1 Å². The lowest BCUT2D eigenvalue weighted by Crippen LogP contribution is -2.23. The molecule has 1 amide bonds. The van der Waals surface area contributed by atoms with Crippen LogP contribution in [-0.4, -0.2) is 11.9 Å². The maximum Gasteiger partial charge on any atom is 0.250 e. The van der Waals surface area contributed by atoms with Gasteiger partial charge in [0.25, 0.3) is 5.91 Å². The Morgan fingerprint density at radius 3 is 2.72 bits per heavy atom. The van der Waals surface area contributed by atoms with Gasteiger partial charge in [-0.25, -0.2) is 4.39 Å². The van der Waals surface area contributed by atoms with Gasteiger partial charge >= 0.3 is 0 Å². The third-order valence-electron chi connectivity index (χ3n) is 3.61. The highest BCUT2D eigenvalue weighted by atomic mass is 19.1. The van der Waals surface area contributed by atoms with E-state index in [-0.39, 0.29) is 17.3 Å².